The molecule has 0 aromatic rings. The summed E-state index contributed by atoms with van der Waals surface area (Å²) in [5, 5.41) is 13.4. The van der Waals surface area contributed by atoms with E-state index >= 15 is 0 Å². The van der Waals surface area contributed by atoms with Gasteiger partial charge in [-0.1, -0.05) is 0 Å². The van der Waals surface area contributed by atoms with Crippen LogP contribution in [0, 0.1) is 17.8 Å². The molecule has 0 aromatic carbocycles. The monoisotopic (exact) mass is 239 g/mol. The van der Waals surface area contributed by atoms with E-state index in [1.54, 1.807) is 7.11 Å². The topological polar surface area (TPSA) is 41.5 Å². The van der Waals surface area contributed by atoms with Gasteiger partial charge in [0.2, 0.25) is 0 Å². The number of hydrogen-bond acceptors (Lipinski definition) is 3. The average molecular weight is 239 g/mol. The first-order chi connectivity index (χ1) is 8.19. The second kappa shape index (κ2) is 4.52. The molecular weight excluding hydrogens is 214 g/mol. The highest BCUT2D eigenvalue weighted by Crippen LogP contribution is 2.55. The molecule has 0 spiro atoms. The van der Waals surface area contributed by atoms with E-state index < -0.39 is 0 Å². The van der Waals surface area contributed by atoms with Gasteiger partial charge in [0, 0.05) is 19.2 Å². The third-order valence-electron chi connectivity index (χ3n) is 5.11. The van der Waals surface area contributed by atoms with Crippen LogP contribution in [-0.4, -0.2) is 37.0 Å². The van der Waals surface area contributed by atoms with E-state index in [0.29, 0.717) is 18.7 Å². The van der Waals surface area contributed by atoms with Crippen molar-refractivity contribution in [3.63, 3.8) is 0 Å². The fourth-order valence-corrected chi connectivity index (χ4v) is 4.91. The van der Waals surface area contributed by atoms with E-state index in [2.05, 4.69) is 5.32 Å². The molecule has 4 saturated carbocycles. The van der Waals surface area contributed by atoms with Crippen LogP contribution in [0.15, 0.2) is 0 Å². The summed E-state index contributed by atoms with van der Waals surface area (Å²) in [6.07, 6.45) is 8.11. The van der Waals surface area contributed by atoms with Crippen LogP contribution in [0.1, 0.15) is 38.5 Å². The number of methoxy groups -OCH3 is 1. The lowest BCUT2D eigenvalue weighted by molar-refractivity contribution is -0.0287. The Bertz CT molecular complexity index is 244. The summed E-state index contributed by atoms with van der Waals surface area (Å²) in [6, 6.07) is 0. The maximum Gasteiger partial charge on any atom is 0.0897 e. The van der Waals surface area contributed by atoms with Gasteiger partial charge < -0.3 is 15.2 Å². The minimum absolute atomic E-state index is 0.354. The Morgan fingerprint density at radius 3 is 2.18 bits per heavy atom. The van der Waals surface area contributed by atoms with Gasteiger partial charge in [-0.2, -0.15) is 0 Å². The number of aliphatic hydroxyl groups excluding tert-OH is 1. The maximum atomic E-state index is 9.76. The highest BCUT2D eigenvalue weighted by molar-refractivity contribution is 5.06. The van der Waals surface area contributed by atoms with Crippen LogP contribution >= 0.6 is 0 Å². The zero-order valence-electron chi connectivity index (χ0n) is 10.8. The smallest absolute Gasteiger partial charge is 0.0897 e. The molecule has 4 aliphatic rings. The molecule has 4 fully saturated rings. The van der Waals surface area contributed by atoms with Crippen molar-refractivity contribution >= 4 is 0 Å². The normalized spacial score (nSPS) is 45.2. The van der Waals surface area contributed by atoms with Crippen molar-refractivity contribution in [2.45, 2.75) is 50.2 Å². The van der Waals surface area contributed by atoms with Gasteiger partial charge in [-0.15, -0.1) is 0 Å². The van der Waals surface area contributed by atoms with Gasteiger partial charge >= 0.3 is 0 Å². The summed E-state index contributed by atoms with van der Waals surface area (Å²) >= 11 is 0. The molecule has 0 saturated heterocycles. The second-order valence-corrected chi connectivity index (χ2v) is 6.69. The van der Waals surface area contributed by atoms with Gasteiger partial charge in [0.15, 0.2) is 0 Å². The average Bonchev–Trinajstić information content (AvgIpc) is 2.25. The molecule has 0 radical (unpaired) electrons. The fourth-order valence-electron chi connectivity index (χ4n) is 4.91. The predicted molar refractivity (Wildman–Crippen MR) is 66.8 cm³/mol. The molecule has 0 aliphatic heterocycles. The molecule has 17 heavy (non-hydrogen) atoms. The first-order valence-electron chi connectivity index (χ1n) is 7.11. The van der Waals surface area contributed by atoms with Crippen molar-refractivity contribution in [3.05, 3.63) is 0 Å². The SMILES string of the molecule is COCC(O)CNC12CC3CC(CC(C3)C1)C2. The Kier molecular flexibility index (Phi) is 3.18. The van der Waals surface area contributed by atoms with Crippen LogP contribution in [0.5, 0.6) is 0 Å². The van der Waals surface area contributed by atoms with Crippen molar-refractivity contribution in [1.82, 2.24) is 5.32 Å². The van der Waals surface area contributed by atoms with Gasteiger partial charge in [-0.3, -0.25) is 0 Å². The molecule has 0 aromatic heterocycles. The van der Waals surface area contributed by atoms with E-state index in [1.165, 1.54) is 38.5 Å². The molecule has 0 heterocycles. The summed E-state index contributed by atoms with van der Waals surface area (Å²) in [7, 11) is 1.65. The zero-order valence-corrected chi connectivity index (χ0v) is 10.8. The van der Waals surface area contributed by atoms with Crippen LogP contribution in [0.3, 0.4) is 0 Å². The van der Waals surface area contributed by atoms with Crippen molar-refractivity contribution < 1.29 is 9.84 Å². The standard InChI is InChI=1S/C14H25NO2/c1-17-9-13(16)8-15-14-5-10-2-11(6-14)4-12(3-10)7-14/h10-13,15-16H,2-9H2,1H3. The van der Waals surface area contributed by atoms with Gasteiger partial charge in [-0.25, -0.2) is 0 Å². The summed E-state index contributed by atoms with van der Waals surface area (Å²) in [5.74, 6) is 2.90. The van der Waals surface area contributed by atoms with Crippen LogP contribution in [0.25, 0.3) is 0 Å². The van der Waals surface area contributed by atoms with Gasteiger partial charge in [0.05, 0.1) is 12.7 Å². The van der Waals surface area contributed by atoms with Crippen LogP contribution in [0.4, 0.5) is 0 Å². The van der Waals surface area contributed by atoms with Crippen LogP contribution < -0.4 is 5.32 Å². The predicted octanol–water partition coefficient (Wildman–Crippen LogP) is 1.55. The number of aliphatic hydroxyl groups is 1. The Hall–Kier alpha value is -0.120. The first-order valence-corrected chi connectivity index (χ1v) is 7.11. The molecule has 98 valence electrons. The lowest BCUT2D eigenvalue weighted by Crippen LogP contribution is -2.59. The third kappa shape index (κ3) is 2.38. The molecule has 3 heteroatoms. The van der Waals surface area contributed by atoms with Crippen molar-refractivity contribution in [3.8, 4) is 0 Å². The second-order valence-electron chi connectivity index (χ2n) is 6.69. The number of rotatable bonds is 5. The Morgan fingerprint density at radius 1 is 1.18 bits per heavy atom. The molecule has 1 atom stereocenters. The molecule has 3 nitrogen and oxygen atoms in total. The Morgan fingerprint density at radius 2 is 1.71 bits per heavy atom. The van der Waals surface area contributed by atoms with E-state index in [1.807, 2.05) is 0 Å². The number of ether oxygens (including phenoxy) is 1. The number of β-amino-alcohol motifs (C(OH)–C–C–N with tert-alkyl or cyclic N) is 1. The molecule has 0 amide bonds. The van der Waals surface area contributed by atoms with Gasteiger partial charge in [0.25, 0.3) is 0 Å². The minimum Gasteiger partial charge on any atom is -0.389 e. The molecule has 4 aliphatic carbocycles. The highest BCUT2D eigenvalue weighted by atomic mass is 16.5. The molecular formula is C14H25NO2. The molecule has 2 N–H and O–H groups in total. The quantitative estimate of drug-likeness (QED) is 0.765. The van der Waals surface area contributed by atoms with E-state index in [4.69, 9.17) is 4.74 Å². The fraction of sp³-hybridized carbons (Fsp3) is 1.00. The Balaban J connectivity index is 1.58. The molecule has 4 rings (SSSR count). The van der Waals surface area contributed by atoms with Gasteiger partial charge in [-0.05, 0) is 56.3 Å². The van der Waals surface area contributed by atoms with Crippen molar-refractivity contribution in [2.24, 2.45) is 17.8 Å². The maximum absolute atomic E-state index is 9.76. The zero-order chi connectivity index (χ0) is 11.9. The van der Waals surface area contributed by atoms with E-state index in [9.17, 15) is 5.11 Å². The van der Waals surface area contributed by atoms with Crippen molar-refractivity contribution in [1.29, 1.82) is 0 Å². The lowest BCUT2D eigenvalue weighted by Gasteiger charge is -2.57. The summed E-state index contributed by atoms with van der Waals surface area (Å²) in [5.41, 5.74) is 0.365. The van der Waals surface area contributed by atoms with E-state index in [-0.39, 0.29) is 6.10 Å². The number of nitrogens with one attached hydrogen (secondary N) is 1. The highest BCUT2D eigenvalue weighted by Gasteiger charge is 2.50. The minimum atomic E-state index is -0.354. The molecule has 4 bridgehead atoms. The Labute approximate surface area is 104 Å². The third-order valence-corrected chi connectivity index (χ3v) is 5.11. The van der Waals surface area contributed by atoms with Gasteiger partial charge in [0.1, 0.15) is 0 Å². The number of hydrogen-bond donors (Lipinski definition) is 2. The summed E-state index contributed by atoms with van der Waals surface area (Å²) in [4.78, 5) is 0. The summed E-state index contributed by atoms with van der Waals surface area (Å²) in [6.45, 7) is 1.14. The summed E-state index contributed by atoms with van der Waals surface area (Å²) < 4.78 is 4.99. The largest absolute Gasteiger partial charge is 0.389 e. The van der Waals surface area contributed by atoms with Crippen LogP contribution in [0.2, 0.25) is 0 Å². The van der Waals surface area contributed by atoms with E-state index in [0.717, 1.165) is 17.8 Å². The first kappa shape index (κ1) is 11.9. The molecule has 1 unspecified atom stereocenters. The van der Waals surface area contributed by atoms with Crippen molar-refractivity contribution in [2.75, 3.05) is 20.3 Å². The van der Waals surface area contributed by atoms with Crippen LogP contribution in [-0.2, 0) is 4.74 Å². The lowest BCUT2D eigenvalue weighted by atomic mass is 9.53.